The Morgan fingerprint density at radius 3 is 2.61 bits per heavy atom. The van der Waals surface area contributed by atoms with Crippen molar-refractivity contribution in [2.24, 2.45) is 5.73 Å². The molecule has 3 N–H and O–H groups in total. The highest BCUT2D eigenvalue weighted by Gasteiger charge is 2.22. The number of carbonyl (C=O) groups excluding carboxylic acids is 2. The maximum Gasteiger partial charge on any atom is 0.271 e. The van der Waals surface area contributed by atoms with Gasteiger partial charge in [-0.1, -0.05) is 30.3 Å². The molecular weight excluding hydrogens is 314 g/mol. The molecule has 0 bridgehead atoms. The third kappa shape index (κ3) is 3.29. The second-order valence-electron chi connectivity index (χ2n) is 4.73. The van der Waals surface area contributed by atoms with Gasteiger partial charge in [0.05, 0.1) is 6.26 Å². The van der Waals surface area contributed by atoms with Crippen LogP contribution in [0.1, 0.15) is 22.1 Å². The van der Waals surface area contributed by atoms with E-state index >= 15 is 0 Å². The quantitative estimate of drug-likeness (QED) is 0.751. The molecule has 2 heterocycles. The van der Waals surface area contributed by atoms with Crippen molar-refractivity contribution in [3.05, 3.63) is 65.4 Å². The molecule has 0 aliphatic heterocycles. The van der Waals surface area contributed by atoms with E-state index in [-0.39, 0.29) is 5.69 Å². The van der Waals surface area contributed by atoms with Crippen molar-refractivity contribution in [1.82, 2.24) is 10.3 Å². The first-order chi connectivity index (χ1) is 11.1. The average molecular weight is 327 g/mol. The maximum absolute atomic E-state index is 12.3. The molecule has 0 saturated heterocycles. The number of aromatic nitrogens is 1. The number of benzene rings is 1. The van der Waals surface area contributed by atoms with Crippen LogP contribution >= 0.6 is 11.3 Å². The fourth-order valence-corrected chi connectivity index (χ4v) is 2.83. The number of hydrogen-bond donors (Lipinski definition) is 2. The lowest BCUT2D eigenvalue weighted by Gasteiger charge is -2.14. The van der Waals surface area contributed by atoms with Crippen LogP contribution in [-0.4, -0.2) is 16.8 Å². The molecule has 6 nitrogen and oxygen atoms in total. The highest BCUT2D eigenvalue weighted by Crippen LogP contribution is 2.24. The molecule has 0 aliphatic carbocycles. The minimum absolute atomic E-state index is 0.212. The van der Waals surface area contributed by atoms with E-state index in [0.717, 1.165) is 0 Å². The molecule has 3 aromatic rings. The molecule has 2 amide bonds. The molecule has 7 heteroatoms. The highest BCUT2D eigenvalue weighted by molar-refractivity contribution is 7.13. The van der Waals surface area contributed by atoms with Gasteiger partial charge in [-0.15, -0.1) is 11.3 Å². The van der Waals surface area contributed by atoms with Crippen molar-refractivity contribution >= 4 is 23.2 Å². The largest absolute Gasteiger partial charge is 0.462 e. The smallest absolute Gasteiger partial charge is 0.271 e. The first-order valence-corrected chi connectivity index (χ1v) is 7.67. The molecule has 0 saturated carbocycles. The van der Waals surface area contributed by atoms with Crippen LogP contribution in [0.4, 0.5) is 0 Å². The Bertz CT molecular complexity index is 812. The lowest BCUT2D eigenvalue weighted by atomic mass is 10.1. The summed E-state index contributed by atoms with van der Waals surface area (Å²) in [5.74, 6) is -0.513. The Kier molecular flexibility index (Phi) is 4.20. The molecule has 23 heavy (non-hydrogen) atoms. The zero-order chi connectivity index (χ0) is 16.2. The standard InChI is InChI=1S/C16H13N3O3S/c17-14(20)13(10-5-2-1-3-6-10)19-15(21)11-9-23-16(18-11)12-7-4-8-22-12/h1-9,13H,(H2,17,20)(H,19,21). The fourth-order valence-electron chi connectivity index (χ4n) is 2.06. The molecular formula is C16H13N3O3S. The van der Waals surface area contributed by atoms with Gasteiger partial charge in [0.25, 0.3) is 5.91 Å². The molecule has 0 fully saturated rings. The van der Waals surface area contributed by atoms with E-state index in [9.17, 15) is 9.59 Å². The van der Waals surface area contributed by atoms with Gasteiger partial charge < -0.3 is 15.5 Å². The monoisotopic (exact) mass is 327 g/mol. The van der Waals surface area contributed by atoms with Gasteiger partial charge in [0.2, 0.25) is 5.91 Å². The first kappa shape index (κ1) is 15.0. The van der Waals surface area contributed by atoms with Crippen molar-refractivity contribution in [3.63, 3.8) is 0 Å². The van der Waals surface area contributed by atoms with Crippen LogP contribution in [-0.2, 0) is 4.79 Å². The van der Waals surface area contributed by atoms with E-state index in [2.05, 4.69) is 10.3 Å². The molecule has 1 atom stereocenters. The Morgan fingerprint density at radius 1 is 1.17 bits per heavy atom. The molecule has 116 valence electrons. The fraction of sp³-hybridized carbons (Fsp3) is 0.0625. The number of nitrogens with one attached hydrogen (secondary N) is 1. The number of hydrogen-bond acceptors (Lipinski definition) is 5. The molecule has 0 spiro atoms. The van der Waals surface area contributed by atoms with Crippen molar-refractivity contribution < 1.29 is 14.0 Å². The average Bonchev–Trinajstić information content (AvgIpc) is 3.23. The van der Waals surface area contributed by atoms with E-state index in [4.69, 9.17) is 10.2 Å². The summed E-state index contributed by atoms with van der Waals surface area (Å²) >= 11 is 1.29. The van der Waals surface area contributed by atoms with Gasteiger partial charge in [0.1, 0.15) is 11.7 Å². The Labute approximate surface area is 136 Å². The maximum atomic E-state index is 12.3. The predicted octanol–water partition coefficient (Wildman–Crippen LogP) is 2.36. The summed E-state index contributed by atoms with van der Waals surface area (Å²) in [5, 5.41) is 4.81. The van der Waals surface area contributed by atoms with Gasteiger partial charge in [-0.05, 0) is 17.7 Å². The lowest BCUT2D eigenvalue weighted by molar-refractivity contribution is -0.120. The van der Waals surface area contributed by atoms with Crippen LogP contribution in [0.15, 0.2) is 58.5 Å². The summed E-state index contributed by atoms with van der Waals surface area (Å²) in [6, 6.07) is 11.4. The lowest BCUT2D eigenvalue weighted by Crippen LogP contribution is -2.37. The normalized spacial score (nSPS) is 11.8. The number of thiazole rings is 1. The van der Waals surface area contributed by atoms with Crippen LogP contribution in [0, 0.1) is 0 Å². The van der Waals surface area contributed by atoms with E-state index in [1.165, 1.54) is 17.6 Å². The third-order valence-electron chi connectivity index (χ3n) is 3.16. The molecule has 0 aliphatic rings. The Morgan fingerprint density at radius 2 is 1.96 bits per heavy atom. The van der Waals surface area contributed by atoms with Gasteiger partial charge in [-0.25, -0.2) is 4.98 Å². The van der Waals surface area contributed by atoms with Gasteiger partial charge in [-0.2, -0.15) is 0 Å². The molecule has 1 aromatic carbocycles. The SMILES string of the molecule is NC(=O)C(NC(=O)c1csc(-c2ccco2)n1)c1ccccc1. The zero-order valence-corrected chi connectivity index (χ0v) is 12.7. The van der Waals surface area contributed by atoms with Crippen LogP contribution in [0.2, 0.25) is 0 Å². The molecule has 0 radical (unpaired) electrons. The summed E-state index contributed by atoms with van der Waals surface area (Å²) in [5.41, 5.74) is 6.22. The number of amides is 2. The van der Waals surface area contributed by atoms with E-state index in [1.807, 2.05) is 6.07 Å². The highest BCUT2D eigenvalue weighted by atomic mass is 32.1. The summed E-state index contributed by atoms with van der Waals surface area (Å²) < 4.78 is 5.24. The summed E-state index contributed by atoms with van der Waals surface area (Å²) in [7, 11) is 0. The van der Waals surface area contributed by atoms with Gasteiger partial charge in [-0.3, -0.25) is 9.59 Å². The summed E-state index contributed by atoms with van der Waals surface area (Å²) in [6.45, 7) is 0. The number of carbonyl (C=O) groups is 2. The minimum Gasteiger partial charge on any atom is -0.462 e. The van der Waals surface area contributed by atoms with Gasteiger partial charge in [0, 0.05) is 5.38 Å². The molecule has 3 rings (SSSR count). The van der Waals surface area contributed by atoms with Crippen molar-refractivity contribution in [3.8, 4) is 10.8 Å². The topological polar surface area (TPSA) is 98.2 Å². The Balaban J connectivity index is 1.79. The van der Waals surface area contributed by atoms with Crippen molar-refractivity contribution in [2.75, 3.05) is 0 Å². The number of nitrogens with zero attached hydrogens (tertiary/aromatic N) is 1. The number of rotatable bonds is 5. The predicted molar refractivity (Wildman–Crippen MR) is 85.7 cm³/mol. The first-order valence-electron chi connectivity index (χ1n) is 6.79. The van der Waals surface area contributed by atoms with E-state index in [1.54, 1.807) is 41.8 Å². The van der Waals surface area contributed by atoms with Crippen LogP contribution < -0.4 is 11.1 Å². The number of nitrogens with two attached hydrogens (primary N) is 1. The number of primary amides is 1. The minimum atomic E-state index is -0.905. The Hall–Kier alpha value is -2.93. The number of furan rings is 1. The zero-order valence-electron chi connectivity index (χ0n) is 11.9. The molecule has 1 unspecified atom stereocenters. The van der Waals surface area contributed by atoms with E-state index in [0.29, 0.717) is 16.3 Å². The van der Waals surface area contributed by atoms with Crippen molar-refractivity contribution in [1.29, 1.82) is 0 Å². The third-order valence-corrected chi connectivity index (χ3v) is 4.02. The van der Waals surface area contributed by atoms with Crippen LogP contribution in [0.25, 0.3) is 10.8 Å². The van der Waals surface area contributed by atoms with Crippen molar-refractivity contribution in [2.45, 2.75) is 6.04 Å². The summed E-state index contributed by atoms with van der Waals surface area (Å²) in [4.78, 5) is 28.2. The van der Waals surface area contributed by atoms with E-state index < -0.39 is 17.9 Å². The van der Waals surface area contributed by atoms with Gasteiger partial charge in [0.15, 0.2) is 10.8 Å². The van der Waals surface area contributed by atoms with Gasteiger partial charge >= 0.3 is 0 Å². The molecule has 2 aromatic heterocycles. The van der Waals surface area contributed by atoms with Crippen LogP contribution in [0.5, 0.6) is 0 Å². The second kappa shape index (κ2) is 6.45. The van der Waals surface area contributed by atoms with Crippen LogP contribution in [0.3, 0.4) is 0 Å². The second-order valence-corrected chi connectivity index (χ2v) is 5.59. The summed E-state index contributed by atoms with van der Waals surface area (Å²) in [6.07, 6.45) is 1.54.